The van der Waals surface area contributed by atoms with Crippen LogP contribution in [0.4, 0.5) is 35.5 Å². The van der Waals surface area contributed by atoms with Gasteiger partial charge < -0.3 is 19.9 Å². The van der Waals surface area contributed by atoms with Gasteiger partial charge in [-0.15, -0.1) is 0 Å². The van der Waals surface area contributed by atoms with Gasteiger partial charge in [-0.1, -0.05) is 6.07 Å². The number of fused-ring (bicyclic) bond motifs is 1. The van der Waals surface area contributed by atoms with Gasteiger partial charge in [-0.25, -0.2) is 40.5 Å². The van der Waals surface area contributed by atoms with Crippen LogP contribution < -0.4 is 5.32 Å². The van der Waals surface area contributed by atoms with E-state index < -0.39 is 97.5 Å². The minimum absolute atomic E-state index is 0.0314. The first-order valence-electron chi connectivity index (χ1n) is 12.9. The Labute approximate surface area is 225 Å². The smallest absolute Gasteiger partial charge is 0.408 e. The summed E-state index contributed by atoms with van der Waals surface area (Å²) in [6.45, 7) is 3.03. The fourth-order valence-corrected chi connectivity index (χ4v) is 5.16. The fraction of sp³-hybridized carbons (Fsp3) is 0.654. The van der Waals surface area contributed by atoms with Crippen molar-refractivity contribution in [3.63, 3.8) is 0 Å². The number of aromatic amines is 1. The van der Waals surface area contributed by atoms with Crippen LogP contribution in [-0.4, -0.2) is 63.8 Å². The number of carbonyl (C=O) groups excluding carboxylic acids is 2. The Morgan fingerprint density at radius 3 is 2.30 bits per heavy atom. The molecule has 1 aromatic carbocycles. The molecule has 40 heavy (non-hydrogen) atoms. The Kier molecular flexibility index (Phi) is 8.03. The summed E-state index contributed by atoms with van der Waals surface area (Å²) in [5.41, 5.74) is -1.52. The number of alkyl carbamates (subject to hydrolysis) is 1. The molecule has 0 radical (unpaired) electrons. The Morgan fingerprint density at radius 2 is 1.75 bits per heavy atom. The molecule has 4 rings (SSSR count). The quantitative estimate of drug-likeness (QED) is 0.376. The lowest BCUT2D eigenvalue weighted by Crippen LogP contribution is -2.59. The molecule has 0 spiro atoms. The average molecular weight is 581 g/mol. The van der Waals surface area contributed by atoms with Crippen LogP contribution >= 0.6 is 0 Å². The van der Waals surface area contributed by atoms with Crippen LogP contribution in [0.2, 0.25) is 0 Å². The molecule has 2 N–H and O–H groups in total. The van der Waals surface area contributed by atoms with Crippen molar-refractivity contribution in [2.75, 3.05) is 13.1 Å². The highest BCUT2D eigenvalue weighted by Gasteiger charge is 2.48. The van der Waals surface area contributed by atoms with E-state index in [2.05, 4.69) is 15.3 Å². The highest BCUT2D eigenvalue weighted by atomic mass is 19.3. The summed E-state index contributed by atoms with van der Waals surface area (Å²) >= 11 is 0. The van der Waals surface area contributed by atoms with E-state index in [-0.39, 0.29) is 29.7 Å². The number of amides is 2. The number of benzene rings is 1. The van der Waals surface area contributed by atoms with Crippen LogP contribution in [-0.2, 0) is 9.53 Å². The van der Waals surface area contributed by atoms with Crippen LogP contribution in [0.25, 0.3) is 11.0 Å². The van der Waals surface area contributed by atoms with Crippen LogP contribution in [0.5, 0.6) is 0 Å². The Morgan fingerprint density at radius 1 is 1.12 bits per heavy atom. The molecule has 2 aliphatic rings. The van der Waals surface area contributed by atoms with E-state index >= 15 is 4.39 Å². The molecule has 2 unspecified atom stereocenters. The molecule has 1 aliphatic heterocycles. The largest absolute Gasteiger partial charge is 0.444 e. The molecule has 2 fully saturated rings. The third-order valence-corrected chi connectivity index (χ3v) is 7.08. The number of halogens is 7. The molecule has 7 nitrogen and oxygen atoms in total. The molecule has 1 aromatic heterocycles. The first-order chi connectivity index (χ1) is 18.4. The summed E-state index contributed by atoms with van der Waals surface area (Å²) in [7, 11) is 0. The third kappa shape index (κ3) is 6.80. The van der Waals surface area contributed by atoms with E-state index in [1.165, 1.54) is 6.07 Å². The Balaban J connectivity index is 1.67. The zero-order valence-electron chi connectivity index (χ0n) is 22.2. The fourth-order valence-electron chi connectivity index (χ4n) is 5.16. The number of ether oxygens (including phenoxy) is 1. The predicted molar refractivity (Wildman–Crippen MR) is 130 cm³/mol. The number of likely N-dealkylation sites (tertiary alicyclic amines) is 1. The van der Waals surface area contributed by atoms with Crippen molar-refractivity contribution in [1.29, 1.82) is 0 Å². The maximum absolute atomic E-state index is 15.7. The molecular weight excluding hydrogens is 549 g/mol. The summed E-state index contributed by atoms with van der Waals surface area (Å²) in [5.74, 6) is -10.3. The molecule has 2 aromatic rings. The minimum atomic E-state index is -3.14. The molecule has 2 atom stereocenters. The summed E-state index contributed by atoms with van der Waals surface area (Å²) in [4.78, 5) is 33.2. The third-order valence-electron chi connectivity index (χ3n) is 7.08. The first-order valence-corrected chi connectivity index (χ1v) is 12.9. The average Bonchev–Trinajstić information content (AvgIpc) is 3.23. The van der Waals surface area contributed by atoms with Crippen molar-refractivity contribution in [2.24, 2.45) is 5.92 Å². The van der Waals surface area contributed by atoms with E-state index in [0.717, 1.165) is 6.07 Å². The van der Waals surface area contributed by atoms with E-state index in [1.54, 1.807) is 20.8 Å². The zero-order valence-corrected chi connectivity index (χ0v) is 22.2. The minimum Gasteiger partial charge on any atom is -0.444 e. The number of imidazole rings is 1. The molecule has 1 saturated heterocycles. The number of hydrogen-bond donors (Lipinski definition) is 2. The maximum atomic E-state index is 15.7. The monoisotopic (exact) mass is 580 g/mol. The standard InChI is InChI=1S/C26H31F7N4O3/c1-24(2,3)40-23(39)36-19(13-6-8-25(30,31)9-7-13)21-34-16-5-4-14(18(29)20(16)35-21)15(10-17(27)28)22(38)37-11-26(32,33)12-37/h4-5,13,15,17,19H,6-12H2,1-3H3,(H,34,35)(H,36,39). The highest BCUT2D eigenvalue weighted by molar-refractivity contribution is 5.87. The van der Waals surface area contributed by atoms with Crippen molar-refractivity contribution in [3.05, 3.63) is 29.3 Å². The summed E-state index contributed by atoms with van der Waals surface area (Å²) in [6.07, 6.45) is -5.73. The summed E-state index contributed by atoms with van der Waals surface area (Å²) in [6, 6.07) is 1.45. The second-order valence-electron chi connectivity index (χ2n) is 11.5. The predicted octanol–water partition coefficient (Wildman–Crippen LogP) is 6.31. The van der Waals surface area contributed by atoms with Crippen LogP contribution in [0.15, 0.2) is 12.1 Å². The molecule has 1 aliphatic carbocycles. The molecule has 14 heteroatoms. The lowest BCUT2D eigenvalue weighted by atomic mass is 9.81. The number of hydrogen-bond acceptors (Lipinski definition) is 4. The Hall–Kier alpha value is -3.06. The lowest BCUT2D eigenvalue weighted by molar-refractivity contribution is -0.168. The van der Waals surface area contributed by atoms with Crippen molar-refractivity contribution in [1.82, 2.24) is 20.2 Å². The SMILES string of the molecule is CC(C)(C)OC(=O)NC(c1nc2c(F)c(C(CC(F)F)C(=O)N3CC(F)(F)C3)ccc2[nH]1)C1CCC(F)(F)CC1. The maximum Gasteiger partial charge on any atom is 0.408 e. The van der Waals surface area contributed by atoms with E-state index in [9.17, 15) is 35.9 Å². The first kappa shape index (κ1) is 29.9. The van der Waals surface area contributed by atoms with Crippen LogP contribution in [0.1, 0.15) is 76.2 Å². The molecule has 2 heterocycles. The number of aromatic nitrogens is 2. The zero-order chi connectivity index (χ0) is 29.6. The number of rotatable bonds is 7. The van der Waals surface area contributed by atoms with Gasteiger partial charge in [0.15, 0.2) is 5.82 Å². The topological polar surface area (TPSA) is 87.3 Å². The summed E-state index contributed by atoms with van der Waals surface area (Å²) in [5, 5.41) is 2.63. The highest BCUT2D eigenvalue weighted by Crippen LogP contribution is 2.42. The second kappa shape index (κ2) is 10.7. The van der Waals surface area contributed by atoms with E-state index in [1.807, 2.05) is 0 Å². The summed E-state index contributed by atoms with van der Waals surface area (Å²) < 4.78 is 102. The van der Waals surface area contributed by atoms with Crippen molar-refractivity contribution < 1.29 is 45.1 Å². The molecular formula is C26H31F7N4O3. The van der Waals surface area contributed by atoms with Gasteiger partial charge in [0.05, 0.1) is 30.6 Å². The normalized spacial score (nSPS) is 20.7. The number of nitrogens with one attached hydrogen (secondary N) is 2. The number of alkyl halides is 6. The van der Waals surface area contributed by atoms with E-state index in [4.69, 9.17) is 4.74 Å². The van der Waals surface area contributed by atoms with Gasteiger partial charge >= 0.3 is 6.09 Å². The number of carbonyl (C=O) groups is 2. The van der Waals surface area contributed by atoms with Gasteiger partial charge in [-0.2, -0.15) is 0 Å². The van der Waals surface area contributed by atoms with Gasteiger partial charge in [0, 0.05) is 24.8 Å². The van der Waals surface area contributed by atoms with Gasteiger partial charge in [0.1, 0.15) is 16.9 Å². The van der Waals surface area contributed by atoms with E-state index in [0.29, 0.717) is 4.90 Å². The molecule has 1 saturated carbocycles. The number of H-pyrrole nitrogens is 1. The molecule has 222 valence electrons. The van der Waals surface area contributed by atoms with Crippen molar-refractivity contribution in [2.45, 2.75) is 88.7 Å². The van der Waals surface area contributed by atoms with Crippen molar-refractivity contribution >= 4 is 23.0 Å². The Bertz CT molecular complexity index is 1240. The van der Waals surface area contributed by atoms with Gasteiger partial charge in [-0.3, -0.25) is 4.79 Å². The molecule has 2 amide bonds. The van der Waals surface area contributed by atoms with Gasteiger partial charge in [0.2, 0.25) is 18.3 Å². The van der Waals surface area contributed by atoms with Gasteiger partial charge in [-0.05, 0) is 45.6 Å². The lowest BCUT2D eigenvalue weighted by Gasteiger charge is -2.40. The number of nitrogens with zero attached hydrogens (tertiary/aromatic N) is 2. The van der Waals surface area contributed by atoms with Gasteiger partial charge in [0.25, 0.3) is 5.92 Å². The second-order valence-corrected chi connectivity index (χ2v) is 11.5. The van der Waals surface area contributed by atoms with Crippen LogP contribution in [0.3, 0.4) is 0 Å². The molecule has 0 bridgehead atoms. The van der Waals surface area contributed by atoms with Crippen molar-refractivity contribution in [3.8, 4) is 0 Å². The van der Waals surface area contributed by atoms with Crippen LogP contribution in [0, 0.1) is 11.7 Å².